The summed E-state index contributed by atoms with van der Waals surface area (Å²) in [5.74, 6) is -0.432. The summed E-state index contributed by atoms with van der Waals surface area (Å²) in [6.07, 6.45) is 2.78. The first-order valence-electron chi connectivity index (χ1n) is 14.5. The Morgan fingerprint density at radius 2 is 1.70 bits per heavy atom. The second-order valence-corrected chi connectivity index (χ2v) is 11.0. The van der Waals surface area contributed by atoms with Crippen molar-refractivity contribution >= 4 is 17.6 Å². The van der Waals surface area contributed by atoms with Gasteiger partial charge in [-0.05, 0) is 51.9 Å². The number of amides is 1. The molecule has 0 unspecified atom stereocenters. The van der Waals surface area contributed by atoms with Crippen LogP contribution in [-0.4, -0.2) is 46.4 Å². The first-order valence-corrected chi connectivity index (χ1v) is 14.5. The number of nitrogens with one attached hydrogen (secondary N) is 1. The standard InChI is InChI=1S/C34H32N4O5/c39-33(43-22-31-29-8-3-1-6-27(29)28-7-2-4-9-30(28)31)10-5-16-35-34(40)24-13-11-23(12-14-24)20-37-17-15-32-25(21-37)18-26(19-36-32)38(41)42/h1-4,6-9,11-14,18-19,31H,5,10,15-17,20-22H2,(H,35,40). The summed E-state index contributed by atoms with van der Waals surface area (Å²) in [5, 5.41) is 14.0. The number of esters is 1. The van der Waals surface area contributed by atoms with Gasteiger partial charge in [0.05, 0.1) is 4.92 Å². The van der Waals surface area contributed by atoms with Gasteiger partial charge in [0.1, 0.15) is 12.8 Å². The lowest BCUT2D eigenvalue weighted by Crippen LogP contribution is -2.30. The van der Waals surface area contributed by atoms with Gasteiger partial charge in [-0.25, -0.2) is 0 Å². The van der Waals surface area contributed by atoms with Crippen molar-refractivity contribution in [2.75, 3.05) is 19.7 Å². The highest BCUT2D eigenvalue weighted by molar-refractivity contribution is 5.94. The summed E-state index contributed by atoms with van der Waals surface area (Å²) in [6.45, 7) is 2.74. The Bertz CT molecular complexity index is 1620. The number of fused-ring (bicyclic) bond motifs is 4. The van der Waals surface area contributed by atoms with Crippen molar-refractivity contribution in [3.63, 3.8) is 0 Å². The van der Waals surface area contributed by atoms with Gasteiger partial charge in [-0.2, -0.15) is 0 Å². The molecule has 9 nitrogen and oxygen atoms in total. The lowest BCUT2D eigenvalue weighted by molar-refractivity contribution is -0.385. The van der Waals surface area contributed by atoms with Crippen LogP contribution in [0, 0.1) is 10.1 Å². The molecule has 0 atom stereocenters. The SMILES string of the molecule is O=C(CCCNC(=O)c1ccc(CN2CCc3ncc([N+](=O)[O-])cc3C2)cc1)OCC1c2ccccc2-c2ccccc21. The van der Waals surface area contributed by atoms with Crippen LogP contribution >= 0.6 is 0 Å². The predicted octanol–water partition coefficient (Wildman–Crippen LogP) is 5.41. The zero-order chi connectivity index (χ0) is 29.8. The van der Waals surface area contributed by atoms with E-state index in [0.717, 1.165) is 29.8 Å². The molecular formula is C34H32N4O5. The third kappa shape index (κ3) is 6.32. The van der Waals surface area contributed by atoms with Crippen LogP contribution in [0.25, 0.3) is 11.1 Å². The molecule has 1 amide bonds. The first kappa shape index (κ1) is 28.2. The van der Waals surface area contributed by atoms with Gasteiger partial charge in [-0.15, -0.1) is 0 Å². The summed E-state index contributed by atoms with van der Waals surface area (Å²) < 4.78 is 5.65. The zero-order valence-corrected chi connectivity index (χ0v) is 23.7. The highest BCUT2D eigenvalue weighted by atomic mass is 16.6. The maximum Gasteiger partial charge on any atom is 0.305 e. The Balaban J connectivity index is 0.932. The molecule has 1 N–H and O–H groups in total. The molecule has 2 aliphatic rings. The number of carbonyl (C=O) groups is 2. The lowest BCUT2D eigenvalue weighted by atomic mass is 9.98. The monoisotopic (exact) mass is 576 g/mol. The van der Waals surface area contributed by atoms with E-state index in [1.165, 1.54) is 28.5 Å². The van der Waals surface area contributed by atoms with Gasteiger partial charge in [-0.3, -0.25) is 29.6 Å². The molecule has 0 radical (unpaired) electrons. The third-order valence-electron chi connectivity index (χ3n) is 8.15. The molecule has 6 rings (SSSR count). The number of nitrogens with zero attached hydrogens (tertiary/aromatic N) is 3. The van der Waals surface area contributed by atoms with E-state index in [0.29, 0.717) is 38.2 Å². The van der Waals surface area contributed by atoms with Gasteiger partial charge in [0.25, 0.3) is 11.6 Å². The fraction of sp³-hybridized carbons (Fsp3) is 0.265. The number of pyridine rings is 1. The molecule has 218 valence electrons. The molecule has 1 aromatic heterocycles. The van der Waals surface area contributed by atoms with Crippen LogP contribution in [0.2, 0.25) is 0 Å². The number of carbonyl (C=O) groups excluding carboxylic acids is 2. The average Bonchev–Trinajstić information content (AvgIpc) is 3.35. The van der Waals surface area contributed by atoms with Gasteiger partial charge in [0.2, 0.25) is 0 Å². The summed E-state index contributed by atoms with van der Waals surface area (Å²) in [4.78, 5) is 42.3. The molecule has 3 aromatic carbocycles. The van der Waals surface area contributed by atoms with Crippen molar-refractivity contribution < 1.29 is 19.2 Å². The van der Waals surface area contributed by atoms with Crippen molar-refractivity contribution in [3.8, 4) is 11.1 Å². The van der Waals surface area contributed by atoms with Crippen LogP contribution in [0.1, 0.15) is 57.1 Å². The summed E-state index contributed by atoms with van der Waals surface area (Å²) in [7, 11) is 0. The molecule has 0 bridgehead atoms. The quantitative estimate of drug-likeness (QED) is 0.116. The normalized spacial score (nSPS) is 14.0. The number of rotatable bonds is 10. The average molecular weight is 577 g/mol. The molecular weight excluding hydrogens is 544 g/mol. The van der Waals surface area contributed by atoms with E-state index >= 15 is 0 Å². The lowest BCUT2D eigenvalue weighted by Gasteiger charge is -2.27. The van der Waals surface area contributed by atoms with Crippen molar-refractivity contribution in [1.29, 1.82) is 0 Å². The first-order chi connectivity index (χ1) is 21.0. The van der Waals surface area contributed by atoms with E-state index in [9.17, 15) is 19.7 Å². The van der Waals surface area contributed by atoms with Crippen LogP contribution < -0.4 is 5.32 Å². The van der Waals surface area contributed by atoms with Crippen LogP contribution in [0.15, 0.2) is 85.1 Å². The number of nitro groups is 1. The molecule has 4 aromatic rings. The van der Waals surface area contributed by atoms with E-state index in [1.807, 2.05) is 36.4 Å². The van der Waals surface area contributed by atoms with E-state index < -0.39 is 4.92 Å². The number of hydrogen-bond donors (Lipinski definition) is 1. The van der Waals surface area contributed by atoms with Crippen molar-refractivity contribution in [2.24, 2.45) is 0 Å². The summed E-state index contributed by atoms with van der Waals surface area (Å²) in [6, 6.07) is 25.5. The van der Waals surface area contributed by atoms with Gasteiger partial charge in [-0.1, -0.05) is 60.7 Å². The molecule has 0 fully saturated rings. The highest BCUT2D eigenvalue weighted by Crippen LogP contribution is 2.44. The Hall–Kier alpha value is -4.89. The fourth-order valence-electron chi connectivity index (χ4n) is 5.95. The van der Waals surface area contributed by atoms with Gasteiger partial charge in [0, 0.05) is 62.3 Å². The minimum atomic E-state index is -0.419. The van der Waals surface area contributed by atoms with Crippen molar-refractivity contribution in [3.05, 3.63) is 129 Å². The summed E-state index contributed by atoms with van der Waals surface area (Å²) >= 11 is 0. The van der Waals surface area contributed by atoms with Gasteiger partial charge in [0.15, 0.2) is 0 Å². The molecule has 1 aliphatic heterocycles. The smallest absolute Gasteiger partial charge is 0.305 e. The minimum absolute atomic E-state index is 0.00856. The number of hydrogen-bond acceptors (Lipinski definition) is 7. The van der Waals surface area contributed by atoms with Crippen LogP contribution in [-0.2, 0) is 29.0 Å². The Kier molecular flexibility index (Phi) is 8.24. The Morgan fingerprint density at radius 1 is 1.00 bits per heavy atom. The second-order valence-electron chi connectivity index (χ2n) is 11.0. The highest BCUT2D eigenvalue weighted by Gasteiger charge is 2.29. The second kappa shape index (κ2) is 12.5. The molecule has 0 spiro atoms. The molecule has 0 saturated heterocycles. The Morgan fingerprint density at radius 3 is 2.40 bits per heavy atom. The number of benzene rings is 3. The predicted molar refractivity (Wildman–Crippen MR) is 161 cm³/mol. The van der Waals surface area contributed by atoms with E-state index in [-0.39, 0.29) is 29.9 Å². The topological polar surface area (TPSA) is 115 Å². The maximum absolute atomic E-state index is 12.6. The van der Waals surface area contributed by atoms with E-state index in [2.05, 4.69) is 39.5 Å². The van der Waals surface area contributed by atoms with Gasteiger partial charge >= 0.3 is 5.97 Å². The van der Waals surface area contributed by atoms with Crippen LogP contribution in [0.3, 0.4) is 0 Å². The molecule has 2 heterocycles. The van der Waals surface area contributed by atoms with Gasteiger partial charge < -0.3 is 10.1 Å². The van der Waals surface area contributed by atoms with E-state index in [4.69, 9.17) is 4.74 Å². The van der Waals surface area contributed by atoms with Crippen molar-refractivity contribution in [1.82, 2.24) is 15.2 Å². The van der Waals surface area contributed by atoms with Crippen molar-refractivity contribution in [2.45, 2.75) is 38.3 Å². The zero-order valence-electron chi connectivity index (χ0n) is 23.7. The summed E-state index contributed by atoms with van der Waals surface area (Å²) in [5.41, 5.74) is 8.15. The molecule has 0 saturated carbocycles. The maximum atomic E-state index is 12.6. The Labute approximate surface area is 249 Å². The van der Waals surface area contributed by atoms with Crippen LogP contribution in [0.5, 0.6) is 0 Å². The number of ether oxygens (including phenoxy) is 1. The van der Waals surface area contributed by atoms with Crippen LogP contribution in [0.4, 0.5) is 5.69 Å². The number of aromatic nitrogens is 1. The minimum Gasteiger partial charge on any atom is -0.465 e. The third-order valence-corrected chi connectivity index (χ3v) is 8.15. The molecule has 43 heavy (non-hydrogen) atoms. The largest absolute Gasteiger partial charge is 0.465 e. The fourth-order valence-corrected chi connectivity index (χ4v) is 5.95. The molecule has 1 aliphatic carbocycles. The van der Waals surface area contributed by atoms with E-state index in [1.54, 1.807) is 18.2 Å². The molecule has 9 heteroatoms.